The molecule has 0 aliphatic carbocycles. The Morgan fingerprint density at radius 2 is 2.09 bits per heavy atom. The van der Waals surface area contributed by atoms with Gasteiger partial charge in [0, 0.05) is 23.5 Å². The Balaban J connectivity index is 2.68. The van der Waals surface area contributed by atoms with Gasteiger partial charge >= 0.3 is 5.97 Å². The van der Waals surface area contributed by atoms with E-state index in [9.17, 15) is 25.3 Å². The molecule has 2 rings (SSSR count). The summed E-state index contributed by atoms with van der Waals surface area (Å²) in [5.74, 6) is -1.99. The molecule has 0 unspecified atom stereocenters. The number of nitro benzene ring substituents is 1. The van der Waals surface area contributed by atoms with E-state index in [4.69, 9.17) is 0 Å². The summed E-state index contributed by atoms with van der Waals surface area (Å²) in [5.41, 5.74) is 1.48. The molecule has 1 aromatic carbocycles. The molecule has 1 heterocycles. The van der Waals surface area contributed by atoms with Crippen LogP contribution in [0.5, 0.6) is 0 Å². The number of nitrogens with zero attached hydrogens (tertiary/aromatic N) is 2. The molecule has 0 fully saturated rings. The van der Waals surface area contributed by atoms with Gasteiger partial charge in [-0.15, -0.1) is 0 Å². The largest absolute Gasteiger partial charge is 0.478 e. The van der Waals surface area contributed by atoms with Crippen molar-refractivity contribution in [2.75, 3.05) is 0 Å². The molecule has 22 heavy (non-hydrogen) atoms. The third-order valence-corrected chi connectivity index (χ3v) is 3.53. The maximum atomic E-state index is 11.6. The van der Waals surface area contributed by atoms with E-state index in [1.807, 2.05) is 6.07 Å². The Morgan fingerprint density at radius 3 is 2.64 bits per heavy atom. The first-order valence-electron chi connectivity index (χ1n) is 6.43. The monoisotopic (exact) mass is 299 g/mol. The molecule has 1 aliphatic heterocycles. The highest BCUT2D eigenvalue weighted by Crippen LogP contribution is 2.38. The lowest BCUT2D eigenvalue weighted by Crippen LogP contribution is -2.27. The van der Waals surface area contributed by atoms with Crippen LogP contribution >= 0.6 is 0 Å². The molecule has 1 atom stereocenters. The fourth-order valence-electron chi connectivity index (χ4n) is 2.58. The number of carbonyl (C=O) groups is 1. The van der Waals surface area contributed by atoms with Crippen LogP contribution in [0.1, 0.15) is 25.3 Å². The van der Waals surface area contributed by atoms with E-state index in [1.165, 1.54) is 18.2 Å². The first-order chi connectivity index (χ1) is 10.4. The summed E-state index contributed by atoms with van der Waals surface area (Å²) in [4.78, 5) is 21.9. The van der Waals surface area contributed by atoms with Crippen molar-refractivity contribution in [3.8, 4) is 6.07 Å². The number of allylic oxidation sites excluding steroid dienone is 3. The number of nitro groups is 1. The third kappa shape index (κ3) is 2.54. The normalized spacial score (nSPS) is 17.8. The molecule has 0 saturated heterocycles. The number of dihydropyridines is 1. The van der Waals surface area contributed by atoms with Gasteiger partial charge in [-0.25, -0.2) is 4.79 Å². The number of rotatable bonds is 3. The van der Waals surface area contributed by atoms with E-state index >= 15 is 0 Å². The van der Waals surface area contributed by atoms with Crippen molar-refractivity contribution < 1.29 is 14.8 Å². The fraction of sp³-hybridized carbons (Fsp3) is 0.200. The quantitative estimate of drug-likeness (QED) is 0.654. The number of carboxylic acids is 1. The van der Waals surface area contributed by atoms with Crippen LogP contribution in [0.2, 0.25) is 0 Å². The lowest BCUT2D eigenvalue weighted by atomic mass is 9.81. The van der Waals surface area contributed by atoms with Crippen LogP contribution in [0.4, 0.5) is 5.69 Å². The van der Waals surface area contributed by atoms with Gasteiger partial charge < -0.3 is 10.4 Å². The lowest BCUT2D eigenvalue weighted by Gasteiger charge is -2.27. The molecular formula is C15H13N3O4. The van der Waals surface area contributed by atoms with Crippen molar-refractivity contribution in [2.45, 2.75) is 19.8 Å². The van der Waals surface area contributed by atoms with Crippen LogP contribution in [-0.2, 0) is 4.79 Å². The number of carboxylic acid groups (broad SMARTS) is 1. The molecule has 0 spiro atoms. The van der Waals surface area contributed by atoms with Gasteiger partial charge in [-0.05, 0) is 19.4 Å². The second kappa shape index (κ2) is 5.69. The van der Waals surface area contributed by atoms with Crippen molar-refractivity contribution in [1.29, 1.82) is 5.26 Å². The summed E-state index contributed by atoms with van der Waals surface area (Å²) < 4.78 is 0. The van der Waals surface area contributed by atoms with Gasteiger partial charge in [-0.3, -0.25) is 10.1 Å². The Morgan fingerprint density at radius 1 is 1.41 bits per heavy atom. The lowest BCUT2D eigenvalue weighted by molar-refractivity contribution is -0.384. The molecule has 0 bridgehead atoms. The van der Waals surface area contributed by atoms with Crippen LogP contribution in [-0.4, -0.2) is 16.0 Å². The average Bonchev–Trinajstić information content (AvgIpc) is 2.46. The molecule has 1 aromatic rings. The number of non-ortho nitro benzene ring substituents is 1. The van der Waals surface area contributed by atoms with E-state index < -0.39 is 16.8 Å². The van der Waals surface area contributed by atoms with E-state index in [-0.39, 0.29) is 16.8 Å². The van der Waals surface area contributed by atoms with Crippen LogP contribution in [0.15, 0.2) is 46.8 Å². The fourth-order valence-corrected chi connectivity index (χ4v) is 2.58. The summed E-state index contributed by atoms with van der Waals surface area (Å²) in [7, 11) is 0. The molecule has 0 aromatic heterocycles. The smallest absolute Gasteiger partial charge is 0.334 e. The zero-order valence-electron chi connectivity index (χ0n) is 12.0. The van der Waals surface area contributed by atoms with Gasteiger partial charge in [0.2, 0.25) is 0 Å². The van der Waals surface area contributed by atoms with E-state index in [2.05, 4.69) is 5.32 Å². The number of nitrogens with one attached hydrogen (secondary N) is 1. The van der Waals surface area contributed by atoms with Gasteiger partial charge in [0.25, 0.3) is 5.69 Å². The minimum atomic E-state index is -1.17. The molecule has 7 heteroatoms. The highest BCUT2D eigenvalue weighted by Gasteiger charge is 2.33. The van der Waals surface area contributed by atoms with Crippen molar-refractivity contribution >= 4 is 11.7 Å². The predicted octanol–water partition coefficient (Wildman–Crippen LogP) is 2.44. The summed E-state index contributed by atoms with van der Waals surface area (Å²) >= 11 is 0. The molecule has 7 nitrogen and oxygen atoms in total. The zero-order valence-corrected chi connectivity index (χ0v) is 12.0. The molecule has 0 radical (unpaired) electrons. The molecule has 0 amide bonds. The van der Waals surface area contributed by atoms with Crippen molar-refractivity contribution in [3.05, 3.63) is 62.5 Å². The Bertz CT molecular complexity index is 771. The second-order valence-corrected chi connectivity index (χ2v) is 4.90. The highest BCUT2D eigenvalue weighted by atomic mass is 16.6. The van der Waals surface area contributed by atoms with Gasteiger partial charge in [-0.2, -0.15) is 5.26 Å². The van der Waals surface area contributed by atoms with Gasteiger partial charge in [0.05, 0.1) is 28.1 Å². The van der Waals surface area contributed by atoms with Gasteiger partial charge in [0.15, 0.2) is 0 Å². The van der Waals surface area contributed by atoms with Gasteiger partial charge in [-0.1, -0.05) is 12.1 Å². The van der Waals surface area contributed by atoms with E-state index in [0.717, 1.165) is 0 Å². The predicted molar refractivity (Wildman–Crippen MR) is 77.6 cm³/mol. The molecular weight excluding hydrogens is 286 g/mol. The molecule has 2 N–H and O–H groups in total. The first-order valence-corrected chi connectivity index (χ1v) is 6.43. The second-order valence-electron chi connectivity index (χ2n) is 4.90. The number of hydrogen-bond acceptors (Lipinski definition) is 5. The number of hydrogen-bond donors (Lipinski definition) is 2. The minimum absolute atomic E-state index is 0.0163. The summed E-state index contributed by atoms with van der Waals surface area (Å²) in [5, 5.41) is 32.6. The van der Waals surface area contributed by atoms with E-state index in [0.29, 0.717) is 17.0 Å². The minimum Gasteiger partial charge on any atom is -0.478 e. The van der Waals surface area contributed by atoms with Crippen molar-refractivity contribution in [1.82, 2.24) is 5.32 Å². The van der Waals surface area contributed by atoms with E-state index in [1.54, 1.807) is 19.9 Å². The van der Waals surface area contributed by atoms with Crippen LogP contribution in [0.3, 0.4) is 0 Å². The SMILES string of the molecule is CC1=C(C#N)[C@@H](c2cccc([N+](=O)[O-])c2)C(C(=O)O)=C(C)N1. The zero-order chi connectivity index (χ0) is 16.4. The number of aliphatic carboxylic acids is 1. The van der Waals surface area contributed by atoms with Crippen molar-refractivity contribution in [2.24, 2.45) is 0 Å². The highest BCUT2D eigenvalue weighted by molar-refractivity contribution is 5.91. The van der Waals surface area contributed by atoms with Crippen LogP contribution in [0.25, 0.3) is 0 Å². The number of benzene rings is 1. The summed E-state index contributed by atoms with van der Waals surface area (Å²) in [6.45, 7) is 3.27. The topological polar surface area (TPSA) is 116 Å². The maximum absolute atomic E-state index is 11.6. The maximum Gasteiger partial charge on any atom is 0.334 e. The standard InChI is InChI=1S/C15H13N3O4/c1-8-12(7-16)14(13(15(19)20)9(2)17-8)10-4-3-5-11(6-10)18(21)22/h3-6,14,17H,1-2H3,(H,19,20)/t14-/m1/s1. The van der Waals surface area contributed by atoms with Crippen molar-refractivity contribution in [3.63, 3.8) is 0 Å². The Kier molecular flexibility index (Phi) is 3.95. The summed E-state index contributed by atoms with van der Waals surface area (Å²) in [6.07, 6.45) is 0. The number of nitriles is 1. The Hall–Kier alpha value is -3.14. The Labute approximate surface area is 126 Å². The first kappa shape index (κ1) is 15.3. The third-order valence-electron chi connectivity index (χ3n) is 3.53. The molecule has 1 aliphatic rings. The molecule has 0 saturated carbocycles. The summed E-state index contributed by atoms with van der Waals surface area (Å²) in [6, 6.07) is 7.70. The van der Waals surface area contributed by atoms with Gasteiger partial charge in [0.1, 0.15) is 0 Å². The van der Waals surface area contributed by atoms with Crippen LogP contribution < -0.4 is 5.32 Å². The average molecular weight is 299 g/mol. The van der Waals surface area contributed by atoms with Crippen LogP contribution in [0, 0.1) is 21.4 Å². The molecule has 112 valence electrons.